The molecule has 1 aliphatic heterocycles. The van der Waals surface area contributed by atoms with E-state index in [1.54, 1.807) is 18.6 Å². The van der Waals surface area contributed by atoms with Crippen LogP contribution in [-0.4, -0.2) is 34.1 Å². The second-order valence-corrected chi connectivity index (χ2v) is 6.79. The fraction of sp³-hybridized carbons (Fsp3) is 0.316. The number of piperidine rings is 1. The molecule has 3 aromatic rings. The summed E-state index contributed by atoms with van der Waals surface area (Å²) in [5.41, 5.74) is 1.64. The van der Waals surface area contributed by atoms with Crippen LogP contribution in [0.5, 0.6) is 0 Å². The summed E-state index contributed by atoms with van der Waals surface area (Å²) in [7, 11) is 0. The van der Waals surface area contributed by atoms with Gasteiger partial charge in [0.2, 0.25) is 11.8 Å². The van der Waals surface area contributed by atoms with Gasteiger partial charge in [0.15, 0.2) is 0 Å². The molecule has 0 bridgehead atoms. The first-order valence-corrected chi connectivity index (χ1v) is 8.95. The van der Waals surface area contributed by atoms with E-state index in [4.69, 9.17) is 20.4 Å². The summed E-state index contributed by atoms with van der Waals surface area (Å²) < 4.78 is 10.8. The molecule has 134 valence electrons. The van der Waals surface area contributed by atoms with Gasteiger partial charge in [-0.2, -0.15) is 0 Å². The molecule has 1 fully saturated rings. The van der Waals surface area contributed by atoms with Crippen molar-refractivity contribution in [2.75, 3.05) is 13.1 Å². The molecular formula is C19H18ClN3O3. The van der Waals surface area contributed by atoms with Crippen molar-refractivity contribution in [3.8, 4) is 11.5 Å². The van der Waals surface area contributed by atoms with E-state index in [2.05, 4.69) is 10.2 Å². The highest BCUT2D eigenvalue weighted by Crippen LogP contribution is 2.30. The van der Waals surface area contributed by atoms with E-state index in [1.165, 1.54) is 0 Å². The van der Waals surface area contributed by atoms with Gasteiger partial charge in [0, 0.05) is 24.0 Å². The monoisotopic (exact) mass is 371 g/mol. The second-order valence-electron chi connectivity index (χ2n) is 6.38. The van der Waals surface area contributed by atoms with Gasteiger partial charge in [0.05, 0.1) is 18.2 Å². The number of hydrogen-bond acceptors (Lipinski definition) is 5. The third-order valence-electron chi connectivity index (χ3n) is 4.71. The first-order valence-electron chi connectivity index (χ1n) is 8.58. The molecule has 3 heterocycles. The highest BCUT2D eigenvalue weighted by Gasteiger charge is 2.27. The summed E-state index contributed by atoms with van der Waals surface area (Å²) >= 11 is 6.15. The Bertz CT molecular complexity index is 883. The third-order valence-corrected chi connectivity index (χ3v) is 5.07. The molecular weight excluding hydrogens is 354 g/mol. The van der Waals surface area contributed by atoms with Crippen LogP contribution in [0.1, 0.15) is 30.2 Å². The minimum atomic E-state index is 0.0983. The quantitative estimate of drug-likeness (QED) is 0.694. The number of halogens is 1. The maximum Gasteiger partial charge on any atom is 0.250 e. The van der Waals surface area contributed by atoms with Crippen LogP contribution < -0.4 is 0 Å². The van der Waals surface area contributed by atoms with E-state index in [-0.39, 0.29) is 11.8 Å². The molecule has 0 spiro atoms. The Morgan fingerprint density at radius 1 is 1.19 bits per heavy atom. The molecule has 0 aliphatic carbocycles. The normalized spacial score (nSPS) is 15.3. The van der Waals surface area contributed by atoms with Crippen LogP contribution in [0, 0.1) is 0 Å². The Kier molecular flexibility index (Phi) is 4.75. The molecule has 1 saturated heterocycles. The average molecular weight is 372 g/mol. The summed E-state index contributed by atoms with van der Waals surface area (Å²) in [5.74, 6) is 1.36. The van der Waals surface area contributed by atoms with E-state index in [0.717, 1.165) is 24.0 Å². The van der Waals surface area contributed by atoms with E-state index in [0.29, 0.717) is 36.3 Å². The molecule has 0 atom stereocenters. The molecule has 0 unspecified atom stereocenters. The van der Waals surface area contributed by atoms with Crippen LogP contribution in [0.25, 0.3) is 11.5 Å². The topological polar surface area (TPSA) is 72.4 Å². The lowest BCUT2D eigenvalue weighted by Gasteiger charge is -2.30. The van der Waals surface area contributed by atoms with Gasteiger partial charge in [-0.25, -0.2) is 0 Å². The highest BCUT2D eigenvalue weighted by molar-refractivity contribution is 6.31. The van der Waals surface area contributed by atoms with Crippen molar-refractivity contribution < 1.29 is 13.6 Å². The summed E-state index contributed by atoms with van der Waals surface area (Å²) in [5, 5.41) is 8.88. The van der Waals surface area contributed by atoms with Crippen LogP contribution in [0.4, 0.5) is 0 Å². The van der Waals surface area contributed by atoms with Gasteiger partial charge in [0.25, 0.3) is 5.89 Å². The zero-order valence-electron chi connectivity index (χ0n) is 14.1. The summed E-state index contributed by atoms with van der Waals surface area (Å²) in [4.78, 5) is 14.4. The van der Waals surface area contributed by atoms with Crippen molar-refractivity contribution in [1.29, 1.82) is 0 Å². The number of carbonyl (C=O) groups excluding carboxylic acids is 1. The number of hydrogen-bond donors (Lipinski definition) is 0. The highest BCUT2D eigenvalue weighted by atomic mass is 35.5. The fourth-order valence-electron chi connectivity index (χ4n) is 3.19. The summed E-state index contributed by atoms with van der Waals surface area (Å²) in [6.07, 6.45) is 5.09. The Labute approximate surface area is 155 Å². The summed E-state index contributed by atoms with van der Waals surface area (Å²) in [6, 6.07) is 9.25. The molecule has 2 aromatic heterocycles. The number of nitrogens with zero attached hydrogens (tertiary/aromatic N) is 3. The SMILES string of the molecule is O=C(Cc1ccccc1Cl)N1CCC(c2nnc(-c3ccoc3)o2)CC1. The molecule has 7 heteroatoms. The van der Waals surface area contributed by atoms with Crippen LogP contribution >= 0.6 is 11.6 Å². The molecule has 1 aromatic carbocycles. The number of furan rings is 1. The average Bonchev–Trinajstić information content (AvgIpc) is 3.35. The molecule has 0 N–H and O–H groups in total. The molecule has 1 aliphatic rings. The Hall–Kier alpha value is -2.60. The van der Waals surface area contributed by atoms with E-state index >= 15 is 0 Å². The zero-order valence-corrected chi connectivity index (χ0v) is 14.9. The number of benzene rings is 1. The predicted octanol–water partition coefficient (Wildman–Crippen LogP) is 3.93. The van der Waals surface area contributed by atoms with Gasteiger partial charge in [-0.05, 0) is 30.5 Å². The summed E-state index contributed by atoms with van der Waals surface area (Å²) in [6.45, 7) is 1.36. The van der Waals surface area contributed by atoms with Gasteiger partial charge in [-0.3, -0.25) is 4.79 Å². The Morgan fingerprint density at radius 3 is 2.73 bits per heavy atom. The minimum absolute atomic E-state index is 0.0983. The number of likely N-dealkylation sites (tertiary alicyclic amines) is 1. The molecule has 6 nitrogen and oxygen atoms in total. The van der Waals surface area contributed by atoms with Crippen molar-refractivity contribution in [3.63, 3.8) is 0 Å². The molecule has 0 saturated carbocycles. The number of rotatable bonds is 4. The van der Waals surface area contributed by atoms with Gasteiger partial charge in [0.1, 0.15) is 6.26 Å². The maximum atomic E-state index is 12.5. The number of amides is 1. The van der Waals surface area contributed by atoms with Crippen LogP contribution in [0.3, 0.4) is 0 Å². The Morgan fingerprint density at radius 2 is 2.00 bits per heavy atom. The standard InChI is InChI=1S/C19H18ClN3O3/c20-16-4-2-1-3-14(16)11-17(24)23-8-5-13(6-9-23)18-21-22-19(26-18)15-7-10-25-12-15/h1-4,7,10,12-13H,5-6,8-9,11H2. The number of carbonyl (C=O) groups is 1. The van der Waals surface area contributed by atoms with Crippen molar-refractivity contribution in [1.82, 2.24) is 15.1 Å². The van der Waals surface area contributed by atoms with Gasteiger partial charge in [-0.1, -0.05) is 29.8 Å². The fourth-order valence-corrected chi connectivity index (χ4v) is 3.40. The van der Waals surface area contributed by atoms with Crippen molar-refractivity contribution in [2.45, 2.75) is 25.2 Å². The van der Waals surface area contributed by atoms with E-state index < -0.39 is 0 Å². The molecule has 1 amide bonds. The molecule has 26 heavy (non-hydrogen) atoms. The van der Waals surface area contributed by atoms with Crippen molar-refractivity contribution in [2.24, 2.45) is 0 Å². The third kappa shape index (κ3) is 3.51. The largest absolute Gasteiger partial charge is 0.472 e. The van der Waals surface area contributed by atoms with Crippen LogP contribution in [-0.2, 0) is 11.2 Å². The lowest BCUT2D eigenvalue weighted by atomic mass is 9.96. The maximum absolute atomic E-state index is 12.5. The predicted molar refractivity (Wildman–Crippen MR) is 95.7 cm³/mol. The minimum Gasteiger partial charge on any atom is -0.472 e. The van der Waals surface area contributed by atoms with Crippen molar-refractivity contribution in [3.05, 3.63) is 59.3 Å². The van der Waals surface area contributed by atoms with Gasteiger partial charge >= 0.3 is 0 Å². The zero-order chi connectivity index (χ0) is 17.9. The van der Waals surface area contributed by atoms with E-state index in [9.17, 15) is 4.79 Å². The second kappa shape index (κ2) is 7.33. The Balaban J connectivity index is 1.35. The smallest absolute Gasteiger partial charge is 0.250 e. The molecule has 4 rings (SSSR count). The lowest BCUT2D eigenvalue weighted by molar-refractivity contribution is -0.131. The lowest BCUT2D eigenvalue weighted by Crippen LogP contribution is -2.38. The first kappa shape index (κ1) is 16.8. The van der Waals surface area contributed by atoms with Crippen molar-refractivity contribution >= 4 is 17.5 Å². The van der Waals surface area contributed by atoms with E-state index in [1.807, 2.05) is 29.2 Å². The van der Waals surface area contributed by atoms with Gasteiger partial charge < -0.3 is 13.7 Å². The number of aromatic nitrogens is 2. The van der Waals surface area contributed by atoms with Gasteiger partial charge in [-0.15, -0.1) is 10.2 Å². The molecule has 0 radical (unpaired) electrons. The van der Waals surface area contributed by atoms with Crippen LogP contribution in [0.2, 0.25) is 5.02 Å². The first-order chi connectivity index (χ1) is 12.7. The van der Waals surface area contributed by atoms with Crippen LogP contribution in [0.15, 0.2) is 51.7 Å².